The minimum absolute atomic E-state index is 0.0119. The number of thiophene rings is 1. The topological polar surface area (TPSA) is 85.1 Å². The molecule has 2 rings (SSSR count). The van der Waals surface area contributed by atoms with Crippen LogP contribution in [-0.2, 0) is 16.4 Å². The second-order valence-corrected chi connectivity index (χ2v) is 6.95. The summed E-state index contributed by atoms with van der Waals surface area (Å²) in [5, 5.41) is 3.94. The quantitative estimate of drug-likeness (QED) is 0.781. The van der Waals surface area contributed by atoms with Gasteiger partial charge in [-0.2, -0.15) is 11.3 Å². The highest BCUT2D eigenvalue weighted by Gasteiger charge is 2.20. The van der Waals surface area contributed by atoms with Crippen molar-refractivity contribution in [2.45, 2.75) is 11.3 Å². The Morgan fingerprint density at radius 2 is 2.25 bits per heavy atom. The van der Waals surface area contributed by atoms with Crippen molar-refractivity contribution in [3.8, 4) is 0 Å². The molecule has 2 heterocycles. The van der Waals surface area contributed by atoms with E-state index in [0.717, 1.165) is 5.56 Å². The summed E-state index contributed by atoms with van der Waals surface area (Å²) in [7, 11) is -3.67. The minimum Gasteiger partial charge on any atom is -0.388 e. The molecule has 0 spiro atoms. The summed E-state index contributed by atoms with van der Waals surface area (Å²) in [5.41, 5.74) is 6.71. The molecular formula is C12H13N3O2S3. The Bertz CT molecular complexity index is 696. The largest absolute Gasteiger partial charge is 0.388 e. The molecule has 8 heteroatoms. The fraction of sp³-hybridized carbons (Fsp3) is 0.167. The normalized spacial score (nSPS) is 11.4. The maximum Gasteiger partial charge on any atom is 0.242 e. The predicted octanol–water partition coefficient (Wildman–Crippen LogP) is 1.30. The summed E-state index contributed by atoms with van der Waals surface area (Å²) in [6, 6.07) is 4.94. The summed E-state index contributed by atoms with van der Waals surface area (Å²) < 4.78 is 27.0. The van der Waals surface area contributed by atoms with E-state index in [1.165, 1.54) is 18.3 Å². The van der Waals surface area contributed by atoms with Crippen LogP contribution in [0.2, 0.25) is 0 Å². The molecular weight excluding hydrogens is 314 g/mol. The van der Waals surface area contributed by atoms with Crippen LogP contribution in [0.3, 0.4) is 0 Å². The first-order chi connectivity index (χ1) is 9.50. The van der Waals surface area contributed by atoms with E-state index >= 15 is 0 Å². The number of rotatable bonds is 6. The van der Waals surface area contributed by atoms with Crippen LogP contribution in [0.1, 0.15) is 11.3 Å². The fourth-order valence-electron chi connectivity index (χ4n) is 1.63. The maximum atomic E-state index is 12.2. The third-order valence-corrected chi connectivity index (χ3v) is 5.00. The van der Waals surface area contributed by atoms with Crippen molar-refractivity contribution >= 4 is 38.6 Å². The molecule has 5 nitrogen and oxygen atoms in total. The van der Waals surface area contributed by atoms with Crippen molar-refractivity contribution in [1.29, 1.82) is 0 Å². The van der Waals surface area contributed by atoms with E-state index in [2.05, 4.69) is 9.71 Å². The summed E-state index contributed by atoms with van der Waals surface area (Å²) in [6.07, 6.45) is 2.09. The monoisotopic (exact) mass is 327 g/mol. The average Bonchev–Trinajstić information content (AvgIpc) is 2.91. The van der Waals surface area contributed by atoms with Crippen molar-refractivity contribution < 1.29 is 8.42 Å². The molecule has 0 aromatic carbocycles. The highest BCUT2D eigenvalue weighted by molar-refractivity contribution is 7.89. The van der Waals surface area contributed by atoms with Crippen LogP contribution in [0.25, 0.3) is 0 Å². The van der Waals surface area contributed by atoms with Gasteiger partial charge in [0.2, 0.25) is 10.0 Å². The molecule has 0 aliphatic rings. The lowest BCUT2D eigenvalue weighted by molar-refractivity contribution is 0.581. The number of pyridine rings is 1. The Balaban J connectivity index is 2.12. The van der Waals surface area contributed by atoms with Gasteiger partial charge in [-0.3, -0.25) is 4.98 Å². The number of thiocarbonyl (C=S) groups is 1. The van der Waals surface area contributed by atoms with Gasteiger partial charge in [-0.05, 0) is 40.9 Å². The third kappa shape index (κ3) is 3.60. The lowest BCUT2D eigenvalue weighted by Gasteiger charge is -2.09. The standard InChI is InChI=1S/C12H13N3O2S3/c13-12(18)11-10(2-1-5-14-11)20(16,17)15-6-3-9-4-7-19-8-9/h1-2,4-5,7-8,15H,3,6H2,(H2,13,18). The van der Waals surface area contributed by atoms with Gasteiger partial charge >= 0.3 is 0 Å². The Kier molecular flexibility index (Phi) is 4.81. The Labute approximate surface area is 126 Å². The van der Waals surface area contributed by atoms with Crippen molar-refractivity contribution in [3.05, 3.63) is 46.4 Å². The van der Waals surface area contributed by atoms with Gasteiger partial charge < -0.3 is 5.73 Å². The van der Waals surface area contributed by atoms with E-state index in [4.69, 9.17) is 18.0 Å². The Morgan fingerprint density at radius 1 is 1.45 bits per heavy atom. The van der Waals surface area contributed by atoms with Crippen molar-refractivity contribution in [3.63, 3.8) is 0 Å². The fourth-order valence-corrected chi connectivity index (χ4v) is 3.77. The summed E-state index contributed by atoms with van der Waals surface area (Å²) in [5.74, 6) is 0. The third-order valence-electron chi connectivity index (χ3n) is 2.58. The van der Waals surface area contributed by atoms with Crippen LogP contribution in [0, 0.1) is 0 Å². The Morgan fingerprint density at radius 3 is 2.90 bits per heavy atom. The first kappa shape index (κ1) is 15.0. The molecule has 0 saturated carbocycles. The molecule has 0 saturated heterocycles. The highest BCUT2D eigenvalue weighted by atomic mass is 32.2. The minimum atomic E-state index is -3.67. The second-order valence-electron chi connectivity index (χ2n) is 3.99. The van der Waals surface area contributed by atoms with Gasteiger partial charge in [-0.25, -0.2) is 13.1 Å². The number of nitrogens with two attached hydrogens (primary N) is 1. The van der Waals surface area contributed by atoms with Gasteiger partial charge in [0, 0.05) is 12.7 Å². The molecule has 0 aliphatic heterocycles. The molecule has 3 N–H and O–H groups in total. The number of sulfonamides is 1. The number of aromatic nitrogens is 1. The van der Waals surface area contributed by atoms with Crippen molar-refractivity contribution in [1.82, 2.24) is 9.71 Å². The number of hydrogen-bond donors (Lipinski definition) is 2. The van der Waals surface area contributed by atoms with Crippen molar-refractivity contribution in [2.75, 3.05) is 6.54 Å². The first-order valence-corrected chi connectivity index (χ1v) is 8.59. The van der Waals surface area contributed by atoms with Crippen LogP contribution in [0.15, 0.2) is 40.1 Å². The van der Waals surface area contributed by atoms with Crippen LogP contribution < -0.4 is 10.5 Å². The molecule has 0 bridgehead atoms. The molecule has 2 aromatic heterocycles. The maximum absolute atomic E-state index is 12.2. The number of nitrogens with zero attached hydrogens (tertiary/aromatic N) is 1. The van der Waals surface area contributed by atoms with Crippen LogP contribution in [-0.4, -0.2) is 24.9 Å². The van der Waals surface area contributed by atoms with Gasteiger partial charge in [0.05, 0.1) is 0 Å². The second kappa shape index (κ2) is 6.40. The molecule has 0 atom stereocenters. The van der Waals surface area contributed by atoms with Crippen LogP contribution in [0.4, 0.5) is 0 Å². The van der Waals surface area contributed by atoms with Crippen molar-refractivity contribution in [2.24, 2.45) is 5.73 Å². The van der Waals surface area contributed by atoms with E-state index in [9.17, 15) is 8.42 Å². The lowest BCUT2D eigenvalue weighted by Crippen LogP contribution is -2.28. The van der Waals surface area contributed by atoms with E-state index in [1.807, 2.05) is 16.8 Å². The summed E-state index contributed by atoms with van der Waals surface area (Å²) in [6.45, 7) is 0.310. The van der Waals surface area contributed by atoms with E-state index in [1.54, 1.807) is 11.3 Å². The van der Waals surface area contributed by atoms with Gasteiger partial charge in [0.25, 0.3) is 0 Å². The molecule has 106 valence electrons. The molecule has 20 heavy (non-hydrogen) atoms. The van der Waals surface area contributed by atoms with Crippen LogP contribution in [0.5, 0.6) is 0 Å². The predicted molar refractivity (Wildman–Crippen MR) is 83.3 cm³/mol. The number of hydrogen-bond acceptors (Lipinski definition) is 5. The Hall–Kier alpha value is -1.35. The molecule has 2 aromatic rings. The zero-order valence-electron chi connectivity index (χ0n) is 10.4. The lowest BCUT2D eigenvalue weighted by atomic mass is 10.2. The average molecular weight is 327 g/mol. The smallest absolute Gasteiger partial charge is 0.242 e. The summed E-state index contributed by atoms with van der Waals surface area (Å²) >= 11 is 6.40. The first-order valence-electron chi connectivity index (χ1n) is 5.76. The zero-order valence-corrected chi connectivity index (χ0v) is 12.9. The van der Waals surface area contributed by atoms with Gasteiger partial charge in [0.1, 0.15) is 15.6 Å². The van der Waals surface area contributed by atoms with Gasteiger partial charge in [0.15, 0.2) is 0 Å². The van der Waals surface area contributed by atoms with E-state index < -0.39 is 10.0 Å². The molecule has 0 radical (unpaired) electrons. The highest BCUT2D eigenvalue weighted by Crippen LogP contribution is 2.13. The number of nitrogens with one attached hydrogen (secondary N) is 1. The van der Waals surface area contributed by atoms with E-state index in [-0.39, 0.29) is 15.6 Å². The zero-order chi connectivity index (χ0) is 14.6. The molecule has 0 fully saturated rings. The summed E-state index contributed by atoms with van der Waals surface area (Å²) in [4.78, 5) is 3.89. The van der Waals surface area contributed by atoms with Crippen LogP contribution >= 0.6 is 23.6 Å². The van der Waals surface area contributed by atoms with E-state index in [0.29, 0.717) is 13.0 Å². The molecule has 0 aliphatic carbocycles. The van der Waals surface area contributed by atoms with Gasteiger partial charge in [-0.1, -0.05) is 12.2 Å². The SMILES string of the molecule is NC(=S)c1ncccc1S(=O)(=O)NCCc1ccsc1. The van der Waals surface area contributed by atoms with Gasteiger partial charge in [-0.15, -0.1) is 0 Å². The molecule has 0 amide bonds. The molecule has 0 unspecified atom stereocenters.